The van der Waals surface area contributed by atoms with Crippen LogP contribution in [0.15, 0.2) is 22.7 Å². The molecular formula is C14H22BrN3O2S. The fraction of sp³-hybridized carbons (Fsp3) is 0.571. The van der Waals surface area contributed by atoms with Crippen LogP contribution in [0.4, 0.5) is 5.69 Å². The van der Waals surface area contributed by atoms with Crippen LogP contribution in [0.3, 0.4) is 0 Å². The first-order valence-electron chi connectivity index (χ1n) is 6.99. The van der Waals surface area contributed by atoms with Gasteiger partial charge in [0.15, 0.2) is 0 Å². The lowest BCUT2D eigenvalue weighted by molar-refractivity contribution is 0.387. The van der Waals surface area contributed by atoms with Crippen molar-refractivity contribution in [2.24, 2.45) is 0 Å². The molecule has 1 N–H and O–H groups in total. The van der Waals surface area contributed by atoms with Crippen LogP contribution in [0.2, 0.25) is 0 Å². The van der Waals surface area contributed by atoms with Crippen molar-refractivity contribution in [3.63, 3.8) is 0 Å². The van der Waals surface area contributed by atoms with E-state index in [1.807, 2.05) is 13.1 Å². The minimum absolute atomic E-state index is 0.251. The van der Waals surface area contributed by atoms with Gasteiger partial charge in [0.05, 0.1) is 6.26 Å². The van der Waals surface area contributed by atoms with Crippen molar-refractivity contribution < 1.29 is 8.42 Å². The van der Waals surface area contributed by atoms with Gasteiger partial charge in [-0.25, -0.2) is 8.42 Å². The lowest BCUT2D eigenvalue weighted by Crippen LogP contribution is -2.48. The van der Waals surface area contributed by atoms with Gasteiger partial charge in [-0.2, -0.15) is 4.31 Å². The highest BCUT2D eigenvalue weighted by atomic mass is 79.9. The average Bonchev–Trinajstić information content (AvgIpc) is 2.45. The van der Waals surface area contributed by atoms with Crippen LogP contribution in [0.1, 0.15) is 18.5 Å². The Balaban J connectivity index is 2.22. The van der Waals surface area contributed by atoms with Crippen LogP contribution in [0.25, 0.3) is 0 Å². The predicted octanol–water partition coefficient (Wildman–Crippen LogP) is 1.81. The summed E-state index contributed by atoms with van der Waals surface area (Å²) in [6.45, 7) is 4.64. The maximum atomic E-state index is 11.6. The molecule has 1 aromatic rings. The number of nitrogens with zero attached hydrogens (tertiary/aromatic N) is 2. The third kappa shape index (κ3) is 3.97. The molecule has 0 aromatic heterocycles. The van der Waals surface area contributed by atoms with Gasteiger partial charge in [0.1, 0.15) is 0 Å². The van der Waals surface area contributed by atoms with E-state index >= 15 is 0 Å². The normalized spacial score (nSPS) is 18.8. The fourth-order valence-electron chi connectivity index (χ4n) is 2.57. The van der Waals surface area contributed by atoms with Gasteiger partial charge in [-0.15, -0.1) is 0 Å². The molecule has 1 saturated heterocycles. The van der Waals surface area contributed by atoms with Crippen molar-refractivity contribution >= 4 is 31.6 Å². The van der Waals surface area contributed by atoms with Crippen molar-refractivity contribution in [2.45, 2.75) is 13.0 Å². The standard InChI is InChI=1S/C14H22BrN3O2S/c1-11(16-2)13-5-4-12(15)10-14(13)17-6-8-18(9-7-17)21(3,19)20/h4-5,10-11,16H,6-9H2,1-3H3. The number of nitrogens with one attached hydrogen (secondary N) is 1. The van der Waals surface area contributed by atoms with E-state index in [-0.39, 0.29) is 6.04 Å². The Morgan fingerprint density at radius 1 is 1.24 bits per heavy atom. The average molecular weight is 376 g/mol. The van der Waals surface area contributed by atoms with Gasteiger partial charge in [-0.05, 0) is 31.7 Å². The van der Waals surface area contributed by atoms with Crippen LogP contribution in [-0.2, 0) is 10.0 Å². The van der Waals surface area contributed by atoms with Gasteiger partial charge >= 0.3 is 0 Å². The van der Waals surface area contributed by atoms with Gasteiger partial charge in [0.25, 0.3) is 0 Å². The van der Waals surface area contributed by atoms with Crippen molar-refractivity contribution in [1.82, 2.24) is 9.62 Å². The van der Waals surface area contributed by atoms with Crippen molar-refractivity contribution in [3.8, 4) is 0 Å². The summed E-state index contributed by atoms with van der Waals surface area (Å²) in [4.78, 5) is 2.26. The van der Waals surface area contributed by atoms with E-state index in [0.29, 0.717) is 26.2 Å². The molecule has 1 unspecified atom stereocenters. The number of rotatable bonds is 4. The Bertz CT molecular complexity index is 598. The highest BCUT2D eigenvalue weighted by Gasteiger charge is 2.25. The van der Waals surface area contributed by atoms with E-state index in [4.69, 9.17) is 0 Å². The maximum Gasteiger partial charge on any atom is 0.211 e. The maximum absolute atomic E-state index is 11.6. The first-order valence-corrected chi connectivity index (χ1v) is 9.64. The Kier molecular flexibility index (Phi) is 5.29. The Morgan fingerprint density at radius 2 is 1.86 bits per heavy atom. The molecular weight excluding hydrogens is 354 g/mol. The Labute approximate surface area is 135 Å². The van der Waals surface area contributed by atoms with Crippen LogP contribution >= 0.6 is 15.9 Å². The second kappa shape index (κ2) is 6.64. The van der Waals surface area contributed by atoms with E-state index < -0.39 is 10.0 Å². The van der Waals surface area contributed by atoms with Crippen LogP contribution in [-0.4, -0.2) is 52.2 Å². The molecule has 1 aliphatic rings. The summed E-state index contributed by atoms with van der Waals surface area (Å²) in [5, 5.41) is 3.26. The van der Waals surface area contributed by atoms with Gasteiger partial charge < -0.3 is 10.2 Å². The number of benzene rings is 1. The first-order chi connectivity index (χ1) is 9.82. The van der Waals surface area contributed by atoms with E-state index in [1.165, 1.54) is 17.5 Å². The zero-order valence-electron chi connectivity index (χ0n) is 12.6. The molecule has 0 radical (unpaired) electrons. The smallest absolute Gasteiger partial charge is 0.211 e. The quantitative estimate of drug-likeness (QED) is 0.871. The molecule has 2 rings (SSSR count). The first kappa shape index (κ1) is 16.7. The summed E-state index contributed by atoms with van der Waals surface area (Å²) in [5.41, 5.74) is 2.40. The topological polar surface area (TPSA) is 52.6 Å². The van der Waals surface area contributed by atoms with Gasteiger partial charge in [-0.1, -0.05) is 22.0 Å². The Morgan fingerprint density at radius 3 is 2.38 bits per heavy atom. The molecule has 1 aliphatic heterocycles. The van der Waals surface area contributed by atoms with E-state index in [2.05, 4.69) is 45.2 Å². The summed E-state index contributed by atoms with van der Waals surface area (Å²) in [5.74, 6) is 0. The van der Waals surface area contributed by atoms with Crippen LogP contribution < -0.4 is 10.2 Å². The molecule has 0 amide bonds. The number of halogens is 1. The number of piperazine rings is 1. The SMILES string of the molecule is CNC(C)c1ccc(Br)cc1N1CCN(S(C)(=O)=O)CC1. The molecule has 21 heavy (non-hydrogen) atoms. The summed E-state index contributed by atoms with van der Waals surface area (Å²) in [6, 6.07) is 6.52. The van der Waals surface area contributed by atoms with Crippen molar-refractivity contribution in [3.05, 3.63) is 28.2 Å². The zero-order chi connectivity index (χ0) is 15.6. The minimum atomic E-state index is -3.09. The monoisotopic (exact) mass is 375 g/mol. The summed E-state index contributed by atoms with van der Waals surface area (Å²) < 4.78 is 25.8. The summed E-state index contributed by atoms with van der Waals surface area (Å²) >= 11 is 3.52. The lowest BCUT2D eigenvalue weighted by atomic mass is 10.0. The zero-order valence-corrected chi connectivity index (χ0v) is 15.0. The van der Waals surface area contributed by atoms with Gasteiger partial charge in [0, 0.05) is 42.4 Å². The minimum Gasteiger partial charge on any atom is -0.369 e. The van der Waals surface area contributed by atoms with Crippen molar-refractivity contribution in [2.75, 3.05) is 44.4 Å². The number of anilines is 1. The predicted molar refractivity (Wildman–Crippen MR) is 90.2 cm³/mol. The number of sulfonamides is 1. The second-order valence-corrected chi connectivity index (χ2v) is 8.26. The van der Waals surface area contributed by atoms with E-state index in [1.54, 1.807) is 4.31 Å². The lowest BCUT2D eigenvalue weighted by Gasteiger charge is -2.36. The molecule has 1 fully saturated rings. The third-order valence-corrected chi connectivity index (χ3v) is 5.74. The highest BCUT2D eigenvalue weighted by Crippen LogP contribution is 2.30. The largest absolute Gasteiger partial charge is 0.369 e. The summed E-state index contributed by atoms with van der Waals surface area (Å²) in [6.07, 6.45) is 1.27. The highest BCUT2D eigenvalue weighted by molar-refractivity contribution is 9.10. The molecule has 0 spiro atoms. The molecule has 118 valence electrons. The molecule has 1 atom stereocenters. The molecule has 0 bridgehead atoms. The Hall–Kier alpha value is -0.630. The third-order valence-electron chi connectivity index (χ3n) is 3.94. The van der Waals surface area contributed by atoms with Crippen molar-refractivity contribution in [1.29, 1.82) is 0 Å². The molecule has 0 aliphatic carbocycles. The van der Waals surface area contributed by atoms with Gasteiger partial charge in [-0.3, -0.25) is 0 Å². The molecule has 5 nitrogen and oxygen atoms in total. The number of hydrogen-bond donors (Lipinski definition) is 1. The van der Waals surface area contributed by atoms with Gasteiger partial charge in [0.2, 0.25) is 10.0 Å². The van der Waals surface area contributed by atoms with E-state index in [0.717, 1.165) is 4.47 Å². The van der Waals surface area contributed by atoms with Crippen LogP contribution in [0, 0.1) is 0 Å². The van der Waals surface area contributed by atoms with Crippen LogP contribution in [0.5, 0.6) is 0 Å². The fourth-order valence-corrected chi connectivity index (χ4v) is 3.75. The molecule has 1 heterocycles. The molecule has 7 heteroatoms. The molecule has 0 saturated carbocycles. The molecule has 1 aromatic carbocycles. The number of hydrogen-bond acceptors (Lipinski definition) is 4. The second-order valence-electron chi connectivity index (χ2n) is 5.36. The van der Waals surface area contributed by atoms with E-state index in [9.17, 15) is 8.42 Å². The summed E-state index contributed by atoms with van der Waals surface area (Å²) in [7, 11) is -1.14.